The van der Waals surface area contributed by atoms with E-state index in [1.807, 2.05) is 6.07 Å². The summed E-state index contributed by atoms with van der Waals surface area (Å²) in [6, 6.07) is 1.91. The third-order valence-corrected chi connectivity index (χ3v) is 3.89. The van der Waals surface area contributed by atoms with E-state index in [1.54, 1.807) is 19.5 Å². The average Bonchev–Trinajstić information content (AvgIpc) is 2.39. The lowest BCUT2D eigenvalue weighted by Gasteiger charge is -2.36. The van der Waals surface area contributed by atoms with Crippen LogP contribution in [0.2, 0.25) is 0 Å². The molecule has 0 aromatic carbocycles. The molecule has 3 nitrogen and oxygen atoms in total. The zero-order chi connectivity index (χ0) is 12.3. The molecule has 1 heterocycles. The van der Waals surface area contributed by atoms with Crippen LogP contribution in [0.25, 0.3) is 0 Å². The standard InChI is InChI=1S/C14H21NO2/c1-3-11-5-4-6-14(16,8-11)12-7-13(17-2)10-15-9-12/h7,9-11,16H,3-6,8H2,1-2H3. The molecule has 1 fully saturated rings. The molecule has 3 heteroatoms. The molecule has 1 aliphatic rings. The number of rotatable bonds is 3. The van der Waals surface area contributed by atoms with E-state index in [0.29, 0.717) is 5.92 Å². The number of methoxy groups -OCH3 is 1. The van der Waals surface area contributed by atoms with Gasteiger partial charge >= 0.3 is 0 Å². The van der Waals surface area contributed by atoms with Crippen molar-refractivity contribution >= 4 is 0 Å². The molecule has 1 N–H and O–H groups in total. The van der Waals surface area contributed by atoms with Crippen molar-refractivity contribution in [1.82, 2.24) is 4.98 Å². The van der Waals surface area contributed by atoms with E-state index in [-0.39, 0.29) is 0 Å². The van der Waals surface area contributed by atoms with Gasteiger partial charge < -0.3 is 9.84 Å². The van der Waals surface area contributed by atoms with Gasteiger partial charge in [-0.25, -0.2) is 0 Å². The summed E-state index contributed by atoms with van der Waals surface area (Å²) in [4.78, 5) is 4.14. The second kappa shape index (κ2) is 5.05. The highest BCUT2D eigenvalue weighted by atomic mass is 16.5. The van der Waals surface area contributed by atoms with Gasteiger partial charge in [-0.15, -0.1) is 0 Å². The van der Waals surface area contributed by atoms with Crippen LogP contribution >= 0.6 is 0 Å². The van der Waals surface area contributed by atoms with E-state index in [4.69, 9.17) is 4.74 Å². The smallest absolute Gasteiger partial charge is 0.137 e. The summed E-state index contributed by atoms with van der Waals surface area (Å²) in [6.45, 7) is 2.19. The lowest BCUT2D eigenvalue weighted by Crippen LogP contribution is -2.32. The summed E-state index contributed by atoms with van der Waals surface area (Å²) in [5.41, 5.74) is 0.190. The van der Waals surface area contributed by atoms with E-state index in [9.17, 15) is 5.11 Å². The number of pyridine rings is 1. The summed E-state index contributed by atoms with van der Waals surface area (Å²) < 4.78 is 5.17. The van der Waals surface area contributed by atoms with Crippen LogP contribution in [-0.4, -0.2) is 17.2 Å². The van der Waals surface area contributed by atoms with Gasteiger partial charge in [0.05, 0.1) is 18.9 Å². The van der Waals surface area contributed by atoms with Crippen LogP contribution in [0.5, 0.6) is 5.75 Å². The van der Waals surface area contributed by atoms with E-state index in [2.05, 4.69) is 11.9 Å². The maximum atomic E-state index is 10.8. The summed E-state index contributed by atoms with van der Waals surface area (Å²) in [6.07, 6.45) is 8.58. The highest BCUT2D eigenvalue weighted by Gasteiger charge is 2.35. The Morgan fingerprint density at radius 3 is 3.06 bits per heavy atom. The van der Waals surface area contributed by atoms with Gasteiger partial charge in [0.2, 0.25) is 0 Å². The molecule has 0 aliphatic heterocycles. The lowest BCUT2D eigenvalue weighted by atomic mass is 9.74. The molecule has 0 bridgehead atoms. The van der Waals surface area contributed by atoms with Gasteiger partial charge in [0.1, 0.15) is 5.75 Å². The number of ether oxygens (including phenoxy) is 1. The molecule has 1 aliphatic carbocycles. The van der Waals surface area contributed by atoms with Crippen LogP contribution in [0.15, 0.2) is 18.5 Å². The molecule has 0 amide bonds. The van der Waals surface area contributed by atoms with Gasteiger partial charge in [-0.1, -0.05) is 19.8 Å². The molecular weight excluding hydrogens is 214 g/mol. The Kier molecular flexibility index (Phi) is 3.67. The molecule has 17 heavy (non-hydrogen) atoms. The number of hydrogen-bond acceptors (Lipinski definition) is 3. The van der Waals surface area contributed by atoms with Crippen molar-refractivity contribution < 1.29 is 9.84 Å². The zero-order valence-electron chi connectivity index (χ0n) is 10.6. The molecule has 2 rings (SSSR count). The Morgan fingerprint density at radius 2 is 2.35 bits per heavy atom. The highest BCUT2D eigenvalue weighted by molar-refractivity contribution is 5.28. The normalized spacial score (nSPS) is 29.0. The van der Waals surface area contributed by atoms with Crippen LogP contribution in [0.1, 0.15) is 44.6 Å². The van der Waals surface area contributed by atoms with E-state index >= 15 is 0 Å². The van der Waals surface area contributed by atoms with Crippen LogP contribution in [0, 0.1) is 5.92 Å². The maximum absolute atomic E-state index is 10.8. The molecule has 0 spiro atoms. The van der Waals surface area contributed by atoms with Gasteiger partial charge in [0.25, 0.3) is 0 Å². The van der Waals surface area contributed by atoms with Crippen LogP contribution in [-0.2, 0) is 5.60 Å². The largest absolute Gasteiger partial charge is 0.495 e. The van der Waals surface area contributed by atoms with Gasteiger partial charge in [-0.2, -0.15) is 0 Å². The minimum atomic E-state index is -0.708. The Bertz CT molecular complexity index is 380. The van der Waals surface area contributed by atoms with Crippen molar-refractivity contribution in [2.24, 2.45) is 5.92 Å². The van der Waals surface area contributed by atoms with Crippen LogP contribution in [0.3, 0.4) is 0 Å². The lowest BCUT2D eigenvalue weighted by molar-refractivity contribution is -0.0221. The third kappa shape index (κ3) is 2.60. The molecule has 2 atom stereocenters. The Morgan fingerprint density at radius 1 is 1.53 bits per heavy atom. The van der Waals surface area contributed by atoms with Gasteiger partial charge in [-0.05, 0) is 31.2 Å². The number of aromatic nitrogens is 1. The molecule has 1 aromatic heterocycles. The quantitative estimate of drug-likeness (QED) is 0.876. The molecule has 1 aromatic rings. The van der Waals surface area contributed by atoms with Crippen molar-refractivity contribution in [3.63, 3.8) is 0 Å². The predicted octanol–water partition coefficient (Wildman–Crippen LogP) is 2.88. The zero-order valence-corrected chi connectivity index (χ0v) is 10.6. The Hall–Kier alpha value is -1.09. The first-order valence-corrected chi connectivity index (χ1v) is 6.40. The third-order valence-electron chi connectivity index (χ3n) is 3.89. The van der Waals surface area contributed by atoms with E-state index in [0.717, 1.165) is 37.0 Å². The Labute approximate surface area is 103 Å². The summed E-state index contributed by atoms with van der Waals surface area (Å²) in [7, 11) is 1.63. The maximum Gasteiger partial charge on any atom is 0.137 e. The molecule has 94 valence electrons. The minimum absolute atomic E-state index is 0.625. The van der Waals surface area contributed by atoms with Crippen molar-refractivity contribution in [2.45, 2.75) is 44.6 Å². The summed E-state index contributed by atoms with van der Waals surface area (Å²) >= 11 is 0. The number of aliphatic hydroxyl groups is 1. The number of hydrogen-bond donors (Lipinski definition) is 1. The second-order valence-electron chi connectivity index (χ2n) is 5.02. The topological polar surface area (TPSA) is 42.4 Å². The van der Waals surface area contributed by atoms with Gasteiger partial charge in [0.15, 0.2) is 0 Å². The number of nitrogens with zero attached hydrogens (tertiary/aromatic N) is 1. The SMILES string of the molecule is CCC1CCCC(O)(c2cncc(OC)c2)C1. The fraction of sp³-hybridized carbons (Fsp3) is 0.643. The monoisotopic (exact) mass is 235 g/mol. The molecule has 2 unspecified atom stereocenters. The van der Waals surface area contributed by atoms with Crippen molar-refractivity contribution in [1.29, 1.82) is 0 Å². The predicted molar refractivity (Wildman–Crippen MR) is 66.9 cm³/mol. The van der Waals surface area contributed by atoms with Crippen molar-refractivity contribution in [3.8, 4) is 5.75 Å². The minimum Gasteiger partial charge on any atom is -0.495 e. The first-order valence-electron chi connectivity index (χ1n) is 6.40. The molecular formula is C14H21NO2. The fourth-order valence-electron chi connectivity index (χ4n) is 2.76. The summed E-state index contributed by atoms with van der Waals surface area (Å²) in [5, 5.41) is 10.8. The van der Waals surface area contributed by atoms with Gasteiger partial charge in [-0.3, -0.25) is 4.98 Å². The van der Waals surface area contributed by atoms with Crippen molar-refractivity contribution in [2.75, 3.05) is 7.11 Å². The van der Waals surface area contributed by atoms with E-state index < -0.39 is 5.60 Å². The van der Waals surface area contributed by atoms with Gasteiger partial charge in [0, 0.05) is 11.8 Å². The molecule has 1 saturated carbocycles. The van der Waals surface area contributed by atoms with Crippen molar-refractivity contribution in [3.05, 3.63) is 24.0 Å². The van der Waals surface area contributed by atoms with E-state index in [1.165, 1.54) is 6.42 Å². The Balaban J connectivity index is 2.23. The molecule has 0 radical (unpaired) electrons. The van der Waals surface area contributed by atoms with Crippen LogP contribution in [0.4, 0.5) is 0 Å². The average molecular weight is 235 g/mol. The summed E-state index contributed by atoms with van der Waals surface area (Å²) in [5.74, 6) is 1.34. The highest BCUT2D eigenvalue weighted by Crippen LogP contribution is 2.41. The van der Waals surface area contributed by atoms with Crippen LogP contribution < -0.4 is 4.74 Å². The second-order valence-corrected chi connectivity index (χ2v) is 5.02. The molecule has 0 saturated heterocycles. The fourth-order valence-corrected chi connectivity index (χ4v) is 2.76. The first-order chi connectivity index (χ1) is 8.18. The first kappa shape index (κ1) is 12.4.